The van der Waals surface area contributed by atoms with Gasteiger partial charge in [-0.3, -0.25) is 0 Å². The Hall–Kier alpha value is -0.390. The van der Waals surface area contributed by atoms with Crippen LogP contribution in [0.5, 0.6) is 0 Å². The Morgan fingerprint density at radius 2 is 1.70 bits per heavy atom. The lowest BCUT2D eigenvalue weighted by Crippen LogP contribution is -1.99. The zero-order chi connectivity index (χ0) is 14.3. The Labute approximate surface area is 142 Å². The van der Waals surface area contributed by atoms with E-state index >= 15 is 0 Å². The maximum atomic E-state index is 10.7. The number of rotatable bonds is 2. The van der Waals surface area contributed by atoms with Crippen molar-refractivity contribution in [1.82, 2.24) is 0 Å². The quantitative estimate of drug-likeness (QED) is 0.514. The Kier molecular flexibility index (Phi) is 4.20. The average Bonchev–Trinajstić information content (AvgIpc) is 2.86. The number of thiophene rings is 1. The lowest BCUT2D eigenvalue weighted by atomic mass is 10.0. The summed E-state index contributed by atoms with van der Waals surface area (Å²) in [5, 5.41) is 14.2. The molecular formula is C15H9Br2ClOS. The third-order valence-corrected chi connectivity index (χ3v) is 6.43. The second-order valence-corrected chi connectivity index (χ2v) is 7.32. The van der Waals surface area contributed by atoms with Crippen molar-refractivity contribution in [1.29, 1.82) is 0 Å². The van der Waals surface area contributed by atoms with Crippen molar-refractivity contribution in [3.05, 3.63) is 66.9 Å². The molecule has 0 fully saturated rings. The number of fused-ring (bicyclic) bond motifs is 1. The molecule has 0 saturated carbocycles. The number of benzene rings is 2. The normalized spacial score (nSPS) is 12.8. The summed E-state index contributed by atoms with van der Waals surface area (Å²) in [4.78, 5) is 0. The first-order valence-electron chi connectivity index (χ1n) is 5.87. The monoisotopic (exact) mass is 430 g/mol. The van der Waals surface area contributed by atoms with Crippen LogP contribution in [0.2, 0.25) is 5.02 Å². The fourth-order valence-corrected chi connectivity index (χ4v) is 4.40. The second-order valence-electron chi connectivity index (χ2n) is 4.35. The molecule has 3 aromatic rings. The Morgan fingerprint density at radius 3 is 2.50 bits per heavy atom. The number of aliphatic hydroxyl groups is 1. The molecule has 0 bridgehead atoms. The summed E-state index contributed by atoms with van der Waals surface area (Å²) in [6, 6.07) is 11.6. The van der Waals surface area contributed by atoms with Gasteiger partial charge in [0.15, 0.2) is 0 Å². The molecule has 5 heteroatoms. The zero-order valence-corrected chi connectivity index (χ0v) is 14.9. The second kappa shape index (κ2) is 5.78. The number of aliphatic hydroxyl groups excluding tert-OH is 1. The van der Waals surface area contributed by atoms with Gasteiger partial charge in [0.2, 0.25) is 0 Å². The van der Waals surface area contributed by atoms with E-state index in [0.29, 0.717) is 10.6 Å². The molecule has 1 atom stereocenters. The fourth-order valence-electron chi connectivity index (χ4n) is 2.15. The molecule has 2 aromatic carbocycles. The van der Waals surface area contributed by atoms with Gasteiger partial charge in [-0.1, -0.05) is 35.9 Å². The molecule has 20 heavy (non-hydrogen) atoms. The highest BCUT2D eigenvalue weighted by atomic mass is 79.9. The van der Waals surface area contributed by atoms with Crippen molar-refractivity contribution in [2.24, 2.45) is 0 Å². The summed E-state index contributed by atoms with van der Waals surface area (Å²) in [5.74, 6) is 0. The molecule has 0 spiro atoms. The zero-order valence-electron chi connectivity index (χ0n) is 10.1. The van der Waals surface area contributed by atoms with Gasteiger partial charge in [0.1, 0.15) is 6.10 Å². The standard InChI is InChI=1S/C15H9Br2ClOS/c16-11-5-2-4-9(13(11)18)14(19)10-7-20-15-8(10)3-1-6-12(15)17/h1-7,14,19H. The molecule has 1 unspecified atom stereocenters. The first kappa shape index (κ1) is 14.5. The van der Waals surface area contributed by atoms with Gasteiger partial charge in [-0.15, -0.1) is 11.3 Å². The van der Waals surface area contributed by atoms with Crippen LogP contribution >= 0.6 is 54.8 Å². The third-order valence-electron chi connectivity index (χ3n) is 3.15. The van der Waals surface area contributed by atoms with Crippen LogP contribution in [-0.4, -0.2) is 5.11 Å². The van der Waals surface area contributed by atoms with E-state index < -0.39 is 6.10 Å². The van der Waals surface area contributed by atoms with Crippen LogP contribution in [0.1, 0.15) is 17.2 Å². The number of halogens is 3. The Morgan fingerprint density at radius 1 is 1.00 bits per heavy atom. The van der Waals surface area contributed by atoms with Crippen molar-refractivity contribution in [3.63, 3.8) is 0 Å². The molecule has 0 aliphatic carbocycles. The Bertz CT molecular complexity index is 785. The van der Waals surface area contributed by atoms with Crippen molar-refractivity contribution in [2.75, 3.05) is 0 Å². The predicted octanol–water partition coefficient (Wildman–Crippen LogP) is 6.16. The van der Waals surface area contributed by atoms with E-state index in [2.05, 4.69) is 31.9 Å². The highest BCUT2D eigenvalue weighted by Crippen LogP contribution is 2.40. The molecule has 0 saturated heterocycles. The molecule has 1 heterocycles. The van der Waals surface area contributed by atoms with Crippen LogP contribution in [0.25, 0.3) is 10.1 Å². The van der Waals surface area contributed by atoms with E-state index in [1.807, 2.05) is 41.8 Å². The van der Waals surface area contributed by atoms with Gasteiger partial charge in [-0.05, 0) is 54.8 Å². The maximum absolute atomic E-state index is 10.7. The SMILES string of the molecule is OC(c1cccc(Br)c1Cl)c1csc2c(Br)cccc12. The predicted molar refractivity (Wildman–Crippen MR) is 92.7 cm³/mol. The smallest absolute Gasteiger partial charge is 0.107 e. The van der Waals surface area contributed by atoms with Gasteiger partial charge >= 0.3 is 0 Å². The van der Waals surface area contributed by atoms with Crippen LogP contribution in [0.4, 0.5) is 0 Å². The molecule has 0 amide bonds. The van der Waals surface area contributed by atoms with E-state index in [4.69, 9.17) is 11.6 Å². The van der Waals surface area contributed by atoms with Crippen molar-refractivity contribution in [2.45, 2.75) is 6.10 Å². The van der Waals surface area contributed by atoms with Crippen molar-refractivity contribution in [3.8, 4) is 0 Å². The van der Waals surface area contributed by atoms with Crippen LogP contribution in [0.15, 0.2) is 50.7 Å². The van der Waals surface area contributed by atoms with Crippen LogP contribution in [-0.2, 0) is 0 Å². The summed E-state index contributed by atoms with van der Waals surface area (Å²) in [6.45, 7) is 0. The fraction of sp³-hybridized carbons (Fsp3) is 0.0667. The highest BCUT2D eigenvalue weighted by molar-refractivity contribution is 9.11. The van der Waals surface area contributed by atoms with Gasteiger partial charge in [0.05, 0.1) is 5.02 Å². The van der Waals surface area contributed by atoms with E-state index in [9.17, 15) is 5.11 Å². The number of hydrogen-bond donors (Lipinski definition) is 1. The first-order chi connectivity index (χ1) is 9.59. The summed E-state index contributed by atoms with van der Waals surface area (Å²) in [5.41, 5.74) is 1.59. The minimum atomic E-state index is -0.733. The lowest BCUT2D eigenvalue weighted by Gasteiger charge is -2.13. The van der Waals surface area contributed by atoms with E-state index in [1.165, 1.54) is 0 Å². The van der Waals surface area contributed by atoms with Gasteiger partial charge in [0, 0.05) is 24.8 Å². The van der Waals surface area contributed by atoms with Crippen molar-refractivity contribution < 1.29 is 5.11 Å². The minimum absolute atomic E-state index is 0.550. The molecule has 102 valence electrons. The van der Waals surface area contributed by atoms with Crippen LogP contribution in [0, 0.1) is 0 Å². The first-order valence-corrected chi connectivity index (χ1v) is 8.71. The molecular weight excluding hydrogens is 423 g/mol. The topological polar surface area (TPSA) is 20.2 Å². The van der Waals surface area contributed by atoms with E-state index in [-0.39, 0.29) is 0 Å². The van der Waals surface area contributed by atoms with Crippen LogP contribution < -0.4 is 0 Å². The number of hydrogen-bond acceptors (Lipinski definition) is 2. The third kappa shape index (κ3) is 2.44. The van der Waals surface area contributed by atoms with E-state index in [0.717, 1.165) is 24.6 Å². The molecule has 3 rings (SSSR count). The van der Waals surface area contributed by atoms with Crippen molar-refractivity contribution >= 4 is 64.9 Å². The molecule has 0 radical (unpaired) electrons. The van der Waals surface area contributed by atoms with E-state index in [1.54, 1.807) is 11.3 Å². The summed E-state index contributed by atoms with van der Waals surface area (Å²) >= 11 is 14.8. The van der Waals surface area contributed by atoms with Gasteiger partial charge in [-0.2, -0.15) is 0 Å². The summed E-state index contributed by atoms with van der Waals surface area (Å²) in [7, 11) is 0. The largest absolute Gasteiger partial charge is 0.384 e. The molecule has 1 N–H and O–H groups in total. The molecule has 1 nitrogen and oxygen atoms in total. The average molecular weight is 433 g/mol. The molecule has 0 aliphatic heterocycles. The van der Waals surface area contributed by atoms with Crippen LogP contribution in [0.3, 0.4) is 0 Å². The maximum Gasteiger partial charge on any atom is 0.107 e. The molecule has 1 aromatic heterocycles. The summed E-state index contributed by atoms with van der Waals surface area (Å²) < 4.78 is 2.96. The van der Waals surface area contributed by atoms with Gasteiger partial charge in [-0.25, -0.2) is 0 Å². The van der Waals surface area contributed by atoms with Gasteiger partial charge in [0.25, 0.3) is 0 Å². The van der Waals surface area contributed by atoms with Gasteiger partial charge < -0.3 is 5.11 Å². The Balaban J connectivity index is 2.16. The molecule has 0 aliphatic rings. The lowest BCUT2D eigenvalue weighted by molar-refractivity contribution is 0.222. The summed E-state index contributed by atoms with van der Waals surface area (Å²) in [6.07, 6.45) is -0.733. The minimum Gasteiger partial charge on any atom is -0.384 e. The highest BCUT2D eigenvalue weighted by Gasteiger charge is 2.19.